The van der Waals surface area contributed by atoms with Crippen molar-refractivity contribution in [3.05, 3.63) is 0 Å². The second-order valence-electron chi connectivity index (χ2n) is 4.57. The summed E-state index contributed by atoms with van der Waals surface area (Å²) >= 11 is 0. The molecule has 1 aliphatic heterocycles. The van der Waals surface area contributed by atoms with E-state index in [9.17, 15) is 0 Å². The molecule has 0 radical (unpaired) electrons. The maximum absolute atomic E-state index is 7.81. The first-order chi connectivity index (χ1) is 6.11. The van der Waals surface area contributed by atoms with Gasteiger partial charge in [-0.3, -0.25) is 5.41 Å². The molecule has 0 aliphatic carbocycles. The lowest BCUT2D eigenvalue weighted by atomic mass is 9.96. The number of hydrogen-bond acceptors (Lipinski definition) is 1. The molecule has 0 aromatic rings. The smallest absolute Gasteiger partial charge is 0.0957 e. The Labute approximate surface area is 81.8 Å². The van der Waals surface area contributed by atoms with E-state index in [0.717, 1.165) is 31.3 Å². The van der Waals surface area contributed by atoms with Gasteiger partial charge in [-0.25, -0.2) is 0 Å². The van der Waals surface area contributed by atoms with Crippen LogP contribution in [0.25, 0.3) is 0 Å². The summed E-state index contributed by atoms with van der Waals surface area (Å²) in [7, 11) is 0. The summed E-state index contributed by atoms with van der Waals surface area (Å²) < 4.78 is 0. The van der Waals surface area contributed by atoms with Crippen molar-refractivity contribution in [3.63, 3.8) is 0 Å². The molecule has 0 amide bonds. The molecule has 0 saturated carbocycles. The van der Waals surface area contributed by atoms with Gasteiger partial charge in [0.15, 0.2) is 0 Å². The van der Waals surface area contributed by atoms with Gasteiger partial charge in [0.25, 0.3) is 0 Å². The number of rotatable bonds is 3. The van der Waals surface area contributed by atoms with Crippen molar-refractivity contribution >= 4 is 5.84 Å². The van der Waals surface area contributed by atoms with Gasteiger partial charge in [0.2, 0.25) is 0 Å². The highest BCUT2D eigenvalue weighted by Crippen LogP contribution is 2.16. The van der Waals surface area contributed by atoms with E-state index in [2.05, 4.69) is 25.7 Å². The minimum atomic E-state index is 0.707. The van der Waals surface area contributed by atoms with Crippen LogP contribution in [0, 0.1) is 17.2 Å². The van der Waals surface area contributed by atoms with Crippen LogP contribution in [0.3, 0.4) is 0 Å². The standard InChI is InChI=1S/C11H22N2/c1-9(2)10(3)8-13-7-5-4-6-11(13)12/h9-10,12H,4-8H2,1-3H3. The zero-order valence-electron chi connectivity index (χ0n) is 9.14. The fraction of sp³-hybridized carbons (Fsp3) is 0.909. The van der Waals surface area contributed by atoms with E-state index >= 15 is 0 Å². The molecule has 2 nitrogen and oxygen atoms in total. The molecule has 1 rings (SSSR count). The maximum Gasteiger partial charge on any atom is 0.0957 e. The van der Waals surface area contributed by atoms with Crippen molar-refractivity contribution in [2.75, 3.05) is 13.1 Å². The molecule has 1 unspecified atom stereocenters. The lowest BCUT2D eigenvalue weighted by Gasteiger charge is -2.32. The average Bonchev–Trinajstić information content (AvgIpc) is 2.08. The van der Waals surface area contributed by atoms with Crippen LogP contribution in [-0.4, -0.2) is 23.8 Å². The number of nitrogens with one attached hydrogen (secondary N) is 1. The normalized spacial score (nSPS) is 20.9. The molecule has 1 saturated heterocycles. The monoisotopic (exact) mass is 182 g/mol. The van der Waals surface area contributed by atoms with Gasteiger partial charge in [-0.05, 0) is 24.7 Å². The zero-order valence-corrected chi connectivity index (χ0v) is 9.14. The highest BCUT2D eigenvalue weighted by atomic mass is 15.2. The van der Waals surface area contributed by atoms with Crippen LogP contribution >= 0.6 is 0 Å². The van der Waals surface area contributed by atoms with Crippen LogP contribution in [0.5, 0.6) is 0 Å². The first-order valence-electron chi connectivity index (χ1n) is 5.43. The first-order valence-corrected chi connectivity index (χ1v) is 5.43. The number of nitrogens with zero attached hydrogens (tertiary/aromatic N) is 1. The SMILES string of the molecule is CC(C)C(C)CN1CCCCC1=N. The summed E-state index contributed by atoms with van der Waals surface area (Å²) in [5.41, 5.74) is 0. The van der Waals surface area contributed by atoms with Crippen molar-refractivity contribution in [1.82, 2.24) is 4.90 Å². The Bertz CT molecular complexity index is 175. The molecule has 76 valence electrons. The van der Waals surface area contributed by atoms with Crippen molar-refractivity contribution in [2.24, 2.45) is 11.8 Å². The Morgan fingerprint density at radius 3 is 2.54 bits per heavy atom. The maximum atomic E-state index is 7.81. The number of likely N-dealkylation sites (tertiary alicyclic amines) is 1. The molecule has 2 heteroatoms. The van der Waals surface area contributed by atoms with Crippen LogP contribution in [0.1, 0.15) is 40.0 Å². The molecule has 1 atom stereocenters. The lowest BCUT2D eigenvalue weighted by molar-refractivity contribution is 0.276. The second kappa shape index (κ2) is 4.64. The van der Waals surface area contributed by atoms with E-state index in [0.29, 0.717) is 5.92 Å². The lowest BCUT2D eigenvalue weighted by Crippen LogP contribution is -2.38. The van der Waals surface area contributed by atoms with E-state index in [1.807, 2.05) is 0 Å². The molecule has 13 heavy (non-hydrogen) atoms. The van der Waals surface area contributed by atoms with Crippen molar-refractivity contribution in [2.45, 2.75) is 40.0 Å². The van der Waals surface area contributed by atoms with Gasteiger partial charge in [0.1, 0.15) is 0 Å². The van der Waals surface area contributed by atoms with E-state index in [1.54, 1.807) is 0 Å². The third-order valence-electron chi connectivity index (χ3n) is 3.12. The minimum absolute atomic E-state index is 0.707. The Morgan fingerprint density at radius 2 is 2.00 bits per heavy atom. The molecule has 0 aromatic heterocycles. The predicted molar refractivity (Wildman–Crippen MR) is 57.2 cm³/mol. The highest BCUT2D eigenvalue weighted by Gasteiger charge is 2.18. The van der Waals surface area contributed by atoms with Crippen LogP contribution in [-0.2, 0) is 0 Å². The van der Waals surface area contributed by atoms with E-state index in [4.69, 9.17) is 5.41 Å². The van der Waals surface area contributed by atoms with Gasteiger partial charge < -0.3 is 4.90 Å². The van der Waals surface area contributed by atoms with Crippen molar-refractivity contribution in [3.8, 4) is 0 Å². The van der Waals surface area contributed by atoms with Gasteiger partial charge in [-0.2, -0.15) is 0 Å². The Balaban J connectivity index is 2.38. The molecule has 1 aliphatic rings. The zero-order chi connectivity index (χ0) is 9.84. The number of hydrogen-bond donors (Lipinski definition) is 1. The first kappa shape index (κ1) is 10.6. The third-order valence-corrected chi connectivity index (χ3v) is 3.12. The topological polar surface area (TPSA) is 27.1 Å². The highest BCUT2D eigenvalue weighted by molar-refractivity contribution is 5.79. The number of piperidine rings is 1. The van der Waals surface area contributed by atoms with E-state index in [1.165, 1.54) is 12.8 Å². The molecule has 0 bridgehead atoms. The van der Waals surface area contributed by atoms with Gasteiger partial charge in [-0.1, -0.05) is 20.8 Å². The largest absolute Gasteiger partial charge is 0.360 e. The molecular formula is C11H22N2. The Morgan fingerprint density at radius 1 is 1.31 bits per heavy atom. The molecule has 0 aromatic carbocycles. The van der Waals surface area contributed by atoms with E-state index < -0.39 is 0 Å². The van der Waals surface area contributed by atoms with Gasteiger partial charge >= 0.3 is 0 Å². The quantitative estimate of drug-likeness (QED) is 0.714. The van der Waals surface area contributed by atoms with Crippen molar-refractivity contribution in [1.29, 1.82) is 5.41 Å². The summed E-state index contributed by atoms with van der Waals surface area (Å²) in [4.78, 5) is 2.26. The van der Waals surface area contributed by atoms with Crippen LogP contribution in [0.4, 0.5) is 0 Å². The minimum Gasteiger partial charge on any atom is -0.360 e. The Hall–Kier alpha value is -0.530. The average molecular weight is 182 g/mol. The summed E-state index contributed by atoms with van der Waals surface area (Å²) in [6, 6.07) is 0. The predicted octanol–water partition coefficient (Wildman–Crippen LogP) is 2.74. The molecule has 0 spiro atoms. The second-order valence-corrected chi connectivity index (χ2v) is 4.57. The molecule has 1 heterocycles. The number of amidine groups is 1. The van der Waals surface area contributed by atoms with Crippen LogP contribution in [0.15, 0.2) is 0 Å². The van der Waals surface area contributed by atoms with Gasteiger partial charge in [0.05, 0.1) is 5.84 Å². The van der Waals surface area contributed by atoms with Gasteiger partial charge in [-0.15, -0.1) is 0 Å². The molecule has 1 N–H and O–H groups in total. The fourth-order valence-electron chi connectivity index (χ4n) is 1.65. The molecule has 1 fully saturated rings. The Kier molecular flexibility index (Phi) is 3.76. The van der Waals surface area contributed by atoms with Crippen LogP contribution < -0.4 is 0 Å². The summed E-state index contributed by atoms with van der Waals surface area (Å²) in [6.45, 7) is 9.00. The van der Waals surface area contributed by atoms with Gasteiger partial charge in [0, 0.05) is 19.5 Å². The summed E-state index contributed by atoms with van der Waals surface area (Å²) in [5.74, 6) is 2.30. The molecular weight excluding hydrogens is 160 g/mol. The summed E-state index contributed by atoms with van der Waals surface area (Å²) in [6.07, 6.45) is 3.48. The third kappa shape index (κ3) is 3.02. The van der Waals surface area contributed by atoms with Crippen LogP contribution in [0.2, 0.25) is 0 Å². The van der Waals surface area contributed by atoms with E-state index in [-0.39, 0.29) is 0 Å². The van der Waals surface area contributed by atoms with Crippen molar-refractivity contribution < 1.29 is 0 Å². The summed E-state index contributed by atoms with van der Waals surface area (Å²) in [5, 5.41) is 7.81. The fourth-order valence-corrected chi connectivity index (χ4v) is 1.65.